The van der Waals surface area contributed by atoms with Gasteiger partial charge in [0.2, 0.25) is 5.88 Å². The average Bonchev–Trinajstić information content (AvgIpc) is 3.50. The third kappa shape index (κ3) is 3.83. The first-order chi connectivity index (χ1) is 15.3. The molecule has 2 aliphatic rings. The summed E-state index contributed by atoms with van der Waals surface area (Å²) in [5.74, 6) is 0.278. The number of pyridine rings is 2. The van der Waals surface area contributed by atoms with E-state index < -0.39 is 11.7 Å². The molecule has 1 aliphatic carbocycles. The zero-order chi connectivity index (χ0) is 22.5. The highest BCUT2D eigenvalue weighted by molar-refractivity contribution is 7.13. The van der Waals surface area contributed by atoms with E-state index in [4.69, 9.17) is 4.74 Å². The number of alkyl halides is 3. The molecule has 2 bridgehead atoms. The summed E-state index contributed by atoms with van der Waals surface area (Å²) in [4.78, 5) is 27.9. The Morgan fingerprint density at radius 1 is 1.19 bits per heavy atom. The third-order valence-electron chi connectivity index (χ3n) is 5.91. The van der Waals surface area contributed by atoms with E-state index in [-0.39, 0.29) is 29.9 Å². The smallest absolute Gasteiger partial charge is 0.417 e. The maximum Gasteiger partial charge on any atom is 0.417 e. The number of hydrogen-bond donors (Lipinski definition) is 0. The van der Waals surface area contributed by atoms with E-state index in [2.05, 4.69) is 15.0 Å². The molecule has 1 saturated heterocycles. The van der Waals surface area contributed by atoms with Crippen molar-refractivity contribution in [2.45, 2.75) is 38.1 Å². The predicted molar refractivity (Wildman–Crippen MR) is 111 cm³/mol. The zero-order valence-electron chi connectivity index (χ0n) is 17.0. The van der Waals surface area contributed by atoms with Gasteiger partial charge < -0.3 is 9.64 Å². The Bertz CT molecular complexity index is 1140. The van der Waals surface area contributed by atoms with Crippen molar-refractivity contribution < 1.29 is 22.7 Å². The molecule has 1 saturated carbocycles. The second-order valence-corrected chi connectivity index (χ2v) is 9.04. The van der Waals surface area contributed by atoms with Crippen molar-refractivity contribution >= 4 is 17.2 Å². The first-order valence-electron chi connectivity index (χ1n) is 10.2. The number of rotatable bonds is 4. The number of ether oxygens (including phenoxy) is 1. The molecule has 2 fully saturated rings. The van der Waals surface area contributed by atoms with E-state index >= 15 is 0 Å². The molecule has 3 aromatic heterocycles. The molecule has 1 aliphatic heterocycles. The lowest BCUT2D eigenvalue weighted by atomic mass is 10.0. The summed E-state index contributed by atoms with van der Waals surface area (Å²) in [5.41, 5.74) is 1.11. The summed E-state index contributed by atoms with van der Waals surface area (Å²) in [6.07, 6.45) is 0.928. The quantitative estimate of drug-likeness (QED) is 0.569. The molecule has 1 amide bonds. The fraction of sp³-hybridized carbons (Fsp3) is 0.364. The van der Waals surface area contributed by atoms with Gasteiger partial charge in [-0.1, -0.05) is 0 Å². The minimum Gasteiger partial charge on any atom is -0.472 e. The molecule has 3 unspecified atom stereocenters. The van der Waals surface area contributed by atoms with Gasteiger partial charge in [-0.05, 0) is 43.4 Å². The molecule has 166 valence electrons. The van der Waals surface area contributed by atoms with Gasteiger partial charge in [0.15, 0.2) is 0 Å². The van der Waals surface area contributed by atoms with E-state index in [1.54, 1.807) is 17.3 Å². The van der Waals surface area contributed by atoms with Gasteiger partial charge in [-0.3, -0.25) is 9.78 Å². The summed E-state index contributed by atoms with van der Waals surface area (Å²) in [6.45, 7) is 2.50. The van der Waals surface area contributed by atoms with Gasteiger partial charge in [0.25, 0.3) is 5.91 Å². The van der Waals surface area contributed by atoms with Crippen molar-refractivity contribution in [3.63, 3.8) is 0 Å². The monoisotopic (exact) mass is 460 g/mol. The number of likely N-dealkylation sites (tertiary alicyclic amines) is 1. The highest BCUT2D eigenvalue weighted by Crippen LogP contribution is 2.41. The Kier molecular flexibility index (Phi) is 5.11. The largest absolute Gasteiger partial charge is 0.472 e. The molecule has 3 atom stereocenters. The molecule has 3 aromatic rings. The SMILES string of the molecule is Cc1cnc(-c2nccs2)c(C(=O)N2CC3CC(Oc4ccc(C(F)(F)F)cn4)C2C3)c1. The van der Waals surface area contributed by atoms with Crippen molar-refractivity contribution in [2.24, 2.45) is 5.92 Å². The minimum atomic E-state index is -4.45. The van der Waals surface area contributed by atoms with E-state index in [0.29, 0.717) is 22.8 Å². The fourth-order valence-corrected chi connectivity index (χ4v) is 5.14. The number of aryl methyl sites for hydroxylation is 1. The Labute approximate surface area is 186 Å². The lowest BCUT2D eigenvalue weighted by molar-refractivity contribution is -0.137. The van der Waals surface area contributed by atoms with Crippen LogP contribution in [0.2, 0.25) is 0 Å². The third-order valence-corrected chi connectivity index (χ3v) is 6.69. The molecular formula is C22H19F3N4O2S. The highest BCUT2D eigenvalue weighted by Gasteiger charge is 2.49. The Morgan fingerprint density at radius 3 is 2.69 bits per heavy atom. The molecule has 0 radical (unpaired) electrons. The maximum atomic E-state index is 13.5. The fourth-order valence-electron chi connectivity index (χ4n) is 4.50. The highest BCUT2D eigenvalue weighted by atomic mass is 32.1. The molecule has 10 heteroatoms. The first kappa shape index (κ1) is 20.9. The number of carbonyl (C=O) groups is 1. The van der Waals surface area contributed by atoms with Crippen LogP contribution in [0.25, 0.3) is 10.7 Å². The number of aromatic nitrogens is 3. The van der Waals surface area contributed by atoms with E-state index in [1.807, 2.05) is 18.4 Å². The number of piperidine rings is 1. The van der Waals surface area contributed by atoms with E-state index in [1.165, 1.54) is 17.4 Å². The van der Waals surface area contributed by atoms with Gasteiger partial charge in [-0.2, -0.15) is 13.2 Å². The predicted octanol–water partition coefficient (Wildman–Crippen LogP) is 4.61. The molecule has 0 aromatic carbocycles. The molecule has 6 nitrogen and oxygen atoms in total. The van der Waals surface area contributed by atoms with E-state index in [0.717, 1.165) is 30.7 Å². The molecule has 4 heterocycles. The lowest BCUT2D eigenvalue weighted by Gasteiger charge is -2.33. The van der Waals surface area contributed by atoms with Gasteiger partial charge in [0.05, 0.1) is 17.2 Å². The first-order valence-corrected chi connectivity index (χ1v) is 11.0. The van der Waals surface area contributed by atoms with Gasteiger partial charge >= 0.3 is 6.18 Å². The van der Waals surface area contributed by atoms with Crippen LogP contribution < -0.4 is 4.74 Å². The molecule has 0 N–H and O–H groups in total. The van der Waals surface area contributed by atoms with Crippen molar-refractivity contribution in [3.8, 4) is 16.6 Å². The summed E-state index contributed by atoms with van der Waals surface area (Å²) in [6, 6.07) is 3.84. The number of halogens is 3. The molecule has 32 heavy (non-hydrogen) atoms. The number of fused-ring (bicyclic) bond motifs is 2. The van der Waals surface area contributed by atoms with Crippen LogP contribution in [0.4, 0.5) is 13.2 Å². The maximum absolute atomic E-state index is 13.5. The van der Waals surface area contributed by atoms with Crippen molar-refractivity contribution in [1.82, 2.24) is 19.9 Å². The van der Waals surface area contributed by atoms with Crippen LogP contribution in [0.3, 0.4) is 0 Å². The van der Waals surface area contributed by atoms with Crippen LogP contribution >= 0.6 is 11.3 Å². The van der Waals surface area contributed by atoms with Crippen molar-refractivity contribution in [1.29, 1.82) is 0 Å². The molecular weight excluding hydrogens is 441 g/mol. The van der Waals surface area contributed by atoms with Gasteiger partial charge in [-0.15, -0.1) is 11.3 Å². The normalized spacial score (nSPS) is 22.4. The second kappa shape index (κ2) is 7.84. The minimum absolute atomic E-state index is 0.128. The van der Waals surface area contributed by atoms with Crippen LogP contribution in [0, 0.1) is 12.8 Å². The number of hydrogen-bond acceptors (Lipinski definition) is 6. The van der Waals surface area contributed by atoms with Gasteiger partial charge in [0.1, 0.15) is 16.8 Å². The summed E-state index contributed by atoms with van der Waals surface area (Å²) >= 11 is 1.42. The number of thiazole rings is 1. The summed E-state index contributed by atoms with van der Waals surface area (Å²) < 4.78 is 44.3. The zero-order valence-corrected chi connectivity index (χ0v) is 17.9. The van der Waals surface area contributed by atoms with Gasteiger partial charge in [0, 0.05) is 36.6 Å². The standard InChI is InChI=1S/C22H19F3N4O2S/c1-12-6-15(19(28-9-12)20-26-4-5-32-20)21(30)29-11-13-7-16(29)17(8-13)31-18-3-2-14(10-27-18)22(23,24)25/h2-6,9-10,13,16-17H,7-8,11H2,1H3. The molecule has 0 spiro atoms. The van der Waals surface area contributed by atoms with Crippen molar-refractivity contribution in [2.75, 3.05) is 6.54 Å². The summed E-state index contributed by atoms with van der Waals surface area (Å²) in [7, 11) is 0. The Morgan fingerprint density at radius 2 is 2.03 bits per heavy atom. The van der Waals surface area contributed by atoms with Crippen LogP contribution in [-0.2, 0) is 6.18 Å². The lowest BCUT2D eigenvalue weighted by Crippen LogP contribution is -2.47. The van der Waals surface area contributed by atoms with Crippen LogP contribution in [0.15, 0.2) is 42.2 Å². The van der Waals surface area contributed by atoms with Gasteiger partial charge in [-0.25, -0.2) is 9.97 Å². The van der Waals surface area contributed by atoms with Crippen LogP contribution in [0.5, 0.6) is 5.88 Å². The van der Waals surface area contributed by atoms with Crippen molar-refractivity contribution in [3.05, 3.63) is 58.9 Å². The average molecular weight is 460 g/mol. The van der Waals surface area contributed by atoms with Crippen LogP contribution in [-0.4, -0.2) is 44.4 Å². The molecule has 5 rings (SSSR count). The number of amides is 1. The van der Waals surface area contributed by atoms with E-state index in [9.17, 15) is 18.0 Å². The Hall–Kier alpha value is -3.01. The second-order valence-electron chi connectivity index (χ2n) is 8.15. The Balaban J connectivity index is 1.37. The topological polar surface area (TPSA) is 68.2 Å². The number of carbonyl (C=O) groups excluding carboxylic acids is 1. The number of nitrogens with zero attached hydrogens (tertiary/aromatic N) is 4. The van der Waals surface area contributed by atoms with Crippen LogP contribution in [0.1, 0.15) is 34.3 Å². The summed E-state index contributed by atoms with van der Waals surface area (Å²) in [5, 5.41) is 2.52.